The molecule has 7 rings (SSSR count). The minimum Gasteiger partial charge on any atom is -0.460 e. The molecule has 0 saturated heterocycles. The maximum absolute atomic E-state index is 2.71. The molecular formula is C25H19BN2S4. The van der Waals surface area contributed by atoms with Crippen LogP contribution >= 0.6 is 45.3 Å². The highest BCUT2D eigenvalue weighted by atomic mass is 32.1. The van der Waals surface area contributed by atoms with Crippen molar-refractivity contribution in [2.24, 2.45) is 0 Å². The monoisotopic (exact) mass is 486 g/mol. The van der Waals surface area contributed by atoms with Crippen molar-refractivity contribution in [3.05, 3.63) is 111 Å². The van der Waals surface area contributed by atoms with E-state index >= 15 is 0 Å². The molecule has 5 aromatic heterocycles. The van der Waals surface area contributed by atoms with E-state index in [4.69, 9.17) is 0 Å². The molecule has 7 heteroatoms. The number of nitrogens with zero attached hydrogens (tertiary/aromatic N) is 1. The van der Waals surface area contributed by atoms with E-state index in [1.165, 1.54) is 42.0 Å². The van der Waals surface area contributed by atoms with Crippen LogP contribution < -0.4 is 14.4 Å². The van der Waals surface area contributed by atoms with E-state index in [1.54, 1.807) is 4.81 Å². The number of hydrogen-bond acceptors (Lipinski definition) is 4. The summed E-state index contributed by atoms with van der Waals surface area (Å²) in [5.74, 6) is 0. The molecule has 0 radical (unpaired) electrons. The third-order valence-corrected chi connectivity index (χ3v) is 10.6. The summed E-state index contributed by atoms with van der Waals surface area (Å²) < 4.78 is 5.61. The summed E-state index contributed by atoms with van der Waals surface area (Å²) in [4.78, 5) is 4.24. The van der Waals surface area contributed by atoms with Gasteiger partial charge in [0.15, 0.2) is 0 Å². The quantitative estimate of drug-likeness (QED) is 0.352. The van der Waals surface area contributed by atoms with Crippen LogP contribution in [0, 0.1) is 0 Å². The highest BCUT2D eigenvalue weighted by molar-refractivity contribution is 7.34. The summed E-state index contributed by atoms with van der Waals surface area (Å²) in [5.41, 5.74) is 5.47. The molecular weight excluding hydrogens is 467 g/mol. The second kappa shape index (κ2) is 7.30. The van der Waals surface area contributed by atoms with E-state index < -0.39 is 6.42 Å². The summed E-state index contributed by atoms with van der Waals surface area (Å²) in [6.07, 6.45) is 3.48. The summed E-state index contributed by atoms with van der Waals surface area (Å²) in [7, 11) is 0. The van der Waals surface area contributed by atoms with Gasteiger partial charge in [-0.2, -0.15) is 22.7 Å². The van der Waals surface area contributed by atoms with Gasteiger partial charge in [0, 0.05) is 21.1 Å². The average Bonchev–Trinajstić information content (AvgIpc) is 3.67. The molecule has 0 spiro atoms. The van der Waals surface area contributed by atoms with Crippen LogP contribution in [0.1, 0.15) is 10.6 Å². The summed E-state index contributed by atoms with van der Waals surface area (Å²) in [6.45, 7) is 1.00. The Morgan fingerprint density at radius 3 is 1.94 bits per heavy atom. The van der Waals surface area contributed by atoms with Crippen LogP contribution in [0.4, 0.5) is 0 Å². The van der Waals surface area contributed by atoms with E-state index in [0.29, 0.717) is 0 Å². The predicted molar refractivity (Wildman–Crippen MR) is 142 cm³/mol. The van der Waals surface area contributed by atoms with Crippen molar-refractivity contribution in [2.75, 3.05) is 6.54 Å². The molecule has 0 amide bonds. The molecule has 1 N–H and O–H groups in total. The standard InChI is InChI=1S/C25H19BN2S4/c1-6-19-25(22-8-3-15-30-22)20-12-11-18(21-7-2-14-29-21)28(20)26(27(19)13-1,23-9-4-16-31-23)24-10-5-17-32-24/h1-12,14-17,27H,13H2. The van der Waals surface area contributed by atoms with Gasteiger partial charge >= 0.3 is 6.42 Å². The zero-order chi connectivity index (χ0) is 21.1. The lowest BCUT2D eigenvalue weighted by Crippen LogP contribution is -3.26. The van der Waals surface area contributed by atoms with Crippen molar-refractivity contribution in [3.8, 4) is 10.6 Å². The molecule has 7 heterocycles. The van der Waals surface area contributed by atoms with Crippen LogP contribution in [0.2, 0.25) is 0 Å². The van der Waals surface area contributed by atoms with Gasteiger partial charge in [-0.05, 0) is 57.9 Å². The van der Waals surface area contributed by atoms with Gasteiger partial charge in [-0.3, -0.25) is 0 Å². The molecule has 2 aliphatic heterocycles. The molecule has 5 aromatic rings. The zero-order valence-corrected chi connectivity index (χ0v) is 20.4. The van der Waals surface area contributed by atoms with Gasteiger partial charge in [0.25, 0.3) is 0 Å². The summed E-state index contributed by atoms with van der Waals surface area (Å²) in [5, 5.41) is 8.86. The van der Waals surface area contributed by atoms with Crippen molar-refractivity contribution >= 4 is 66.9 Å². The van der Waals surface area contributed by atoms with E-state index in [0.717, 1.165) is 6.54 Å². The fourth-order valence-electron chi connectivity index (χ4n) is 5.62. The first-order chi connectivity index (χ1) is 15.9. The van der Waals surface area contributed by atoms with Crippen molar-refractivity contribution in [1.82, 2.24) is 4.48 Å². The van der Waals surface area contributed by atoms with Crippen LogP contribution in [-0.4, -0.2) is 17.4 Å². The van der Waals surface area contributed by atoms with Crippen LogP contribution in [-0.2, 0) is 0 Å². The predicted octanol–water partition coefficient (Wildman–Crippen LogP) is 4.73. The lowest BCUT2D eigenvalue weighted by atomic mass is 9.40. The van der Waals surface area contributed by atoms with Crippen LogP contribution in [0.3, 0.4) is 0 Å². The van der Waals surface area contributed by atoms with Crippen molar-refractivity contribution in [1.29, 1.82) is 0 Å². The van der Waals surface area contributed by atoms with Gasteiger partial charge in [-0.1, -0.05) is 46.0 Å². The van der Waals surface area contributed by atoms with Gasteiger partial charge in [0.1, 0.15) is 0 Å². The van der Waals surface area contributed by atoms with Crippen LogP contribution in [0.15, 0.2) is 100 Å². The van der Waals surface area contributed by atoms with E-state index in [2.05, 4.69) is 98.8 Å². The number of thiophene rings is 4. The molecule has 0 aromatic carbocycles. The molecule has 0 saturated carbocycles. The molecule has 0 bridgehead atoms. The van der Waals surface area contributed by atoms with Crippen LogP contribution in [0.25, 0.3) is 16.1 Å². The van der Waals surface area contributed by atoms with Crippen molar-refractivity contribution < 1.29 is 4.81 Å². The van der Waals surface area contributed by atoms with Crippen molar-refractivity contribution in [3.63, 3.8) is 0 Å². The first-order valence-corrected chi connectivity index (χ1v) is 14.2. The smallest absolute Gasteiger partial charge is 0.386 e. The minimum atomic E-state index is -1.27. The normalized spacial score (nSPS) is 18.8. The Morgan fingerprint density at radius 1 is 0.688 bits per heavy atom. The molecule has 0 aliphatic carbocycles. The average molecular weight is 487 g/mol. The summed E-state index contributed by atoms with van der Waals surface area (Å²) >= 11 is 7.46. The number of nitrogens with one attached hydrogen (secondary N) is 1. The molecule has 0 fully saturated rings. The highest BCUT2D eigenvalue weighted by Gasteiger charge is 2.52. The maximum Gasteiger partial charge on any atom is 0.386 e. The Balaban J connectivity index is 1.66. The van der Waals surface area contributed by atoms with E-state index in [-0.39, 0.29) is 0 Å². The Morgan fingerprint density at radius 2 is 1.31 bits per heavy atom. The third-order valence-electron chi connectivity index (χ3n) is 6.75. The highest BCUT2D eigenvalue weighted by Crippen LogP contribution is 2.39. The minimum absolute atomic E-state index is 1.00. The number of quaternary nitrogens is 1. The first-order valence-electron chi connectivity index (χ1n) is 10.7. The molecule has 2 nitrogen and oxygen atoms in total. The lowest BCUT2D eigenvalue weighted by molar-refractivity contribution is -0.735. The first kappa shape index (κ1) is 19.1. The molecule has 2 aliphatic rings. The number of fused-ring (bicyclic) bond motifs is 2. The number of aromatic nitrogens is 1. The Kier molecular flexibility index (Phi) is 4.36. The Labute approximate surface area is 203 Å². The molecule has 1 unspecified atom stereocenters. The zero-order valence-electron chi connectivity index (χ0n) is 17.1. The summed E-state index contributed by atoms with van der Waals surface area (Å²) in [6, 6.07) is 22.7. The van der Waals surface area contributed by atoms with Crippen molar-refractivity contribution in [2.45, 2.75) is 0 Å². The van der Waals surface area contributed by atoms with Gasteiger partial charge < -0.3 is 9.29 Å². The fourth-order valence-corrected chi connectivity index (χ4v) is 9.33. The molecule has 156 valence electrons. The van der Waals surface area contributed by atoms with Gasteiger partial charge in [0.2, 0.25) is 0 Å². The van der Waals surface area contributed by atoms with Gasteiger partial charge in [-0.15, -0.1) is 22.7 Å². The van der Waals surface area contributed by atoms with Crippen LogP contribution in [0.5, 0.6) is 0 Å². The Bertz CT molecular complexity index is 1400. The molecule has 32 heavy (non-hydrogen) atoms. The maximum atomic E-state index is 2.71. The molecule has 1 atom stereocenters. The lowest BCUT2D eigenvalue weighted by Gasteiger charge is -2.50. The largest absolute Gasteiger partial charge is 0.460 e. The second-order valence-electron chi connectivity index (χ2n) is 8.20. The number of hydrogen-bond donors (Lipinski definition) is 1. The Hall–Kier alpha value is -2.42. The SMILES string of the molecule is C1=CC2=C(c3cccs3)c3ccc(-c4cccs4)n3[B-](c3cccs3)(c3cccs3)[NH+]2C1. The fraction of sp³-hybridized carbons (Fsp3) is 0.0400. The van der Waals surface area contributed by atoms with E-state index in [9.17, 15) is 0 Å². The van der Waals surface area contributed by atoms with Gasteiger partial charge in [-0.25, -0.2) is 0 Å². The topological polar surface area (TPSA) is 9.37 Å². The number of rotatable bonds is 4. The third kappa shape index (κ3) is 2.48. The number of allylic oxidation sites excluding steroid dienone is 1. The van der Waals surface area contributed by atoms with E-state index in [1.807, 2.05) is 45.3 Å². The second-order valence-corrected chi connectivity index (χ2v) is 12.1. The van der Waals surface area contributed by atoms with Gasteiger partial charge in [0.05, 0.1) is 17.8 Å².